The highest BCUT2D eigenvalue weighted by atomic mass is 16.5. The van der Waals surface area contributed by atoms with E-state index in [0.717, 1.165) is 25.9 Å². The predicted octanol–water partition coefficient (Wildman–Crippen LogP) is 1.20. The van der Waals surface area contributed by atoms with Gasteiger partial charge in [-0.15, -0.1) is 0 Å². The molecule has 0 aromatic heterocycles. The first-order valence-corrected chi connectivity index (χ1v) is 6.30. The molecular formula is C12H25NO3. The van der Waals surface area contributed by atoms with E-state index in [1.165, 1.54) is 0 Å². The summed E-state index contributed by atoms with van der Waals surface area (Å²) in [6, 6.07) is 0. The van der Waals surface area contributed by atoms with Crippen molar-refractivity contribution in [2.75, 3.05) is 39.5 Å². The van der Waals surface area contributed by atoms with E-state index < -0.39 is 0 Å². The summed E-state index contributed by atoms with van der Waals surface area (Å²) in [5, 5.41) is 3.32. The van der Waals surface area contributed by atoms with E-state index in [9.17, 15) is 0 Å². The lowest BCUT2D eigenvalue weighted by Gasteiger charge is -2.22. The molecule has 96 valence electrons. The van der Waals surface area contributed by atoms with E-state index in [1.807, 2.05) is 13.8 Å². The molecule has 0 amide bonds. The average Bonchev–Trinajstić information content (AvgIpc) is 2.29. The lowest BCUT2D eigenvalue weighted by atomic mass is 10.1. The Hall–Kier alpha value is -0.160. The zero-order valence-electron chi connectivity index (χ0n) is 10.5. The molecule has 0 bridgehead atoms. The first kappa shape index (κ1) is 13.9. The first-order valence-electron chi connectivity index (χ1n) is 6.30. The Kier molecular flexibility index (Phi) is 7.76. The lowest BCUT2D eigenvalue weighted by Crippen LogP contribution is -2.33. The number of rotatable bonds is 8. The minimum Gasteiger partial charge on any atom is -0.377 e. The van der Waals surface area contributed by atoms with Crippen LogP contribution in [0.3, 0.4) is 0 Å². The van der Waals surface area contributed by atoms with Gasteiger partial charge in [0.15, 0.2) is 0 Å². The van der Waals surface area contributed by atoms with Gasteiger partial charge in [0, 0.05) is 0 Å². The van der Waals surface area contributed by atoms with E-state index in [4.69, 9.17) is 14.2 Å². The van der Waals surface area contributed by atoms with Crippen LogP contribution in [0.2, 0.25) is 0 Å². The number of ether oxygens (including phenoxy) is 3. The van der Waals surface area contributed by atoms with Gasteiger partial charge in [0.05, 0.1) is 38.6 Å². The second kappa shape index (κ2) is 8.93. The number of hydrogen-bond acceptors (Lipinski definition) is 4. The monoisotopic (exact) mass is 231 g/mol. The zero-order chi connectivity index (χ0) is 11.6. The first-order chi connectivity index (χ1) is 7.79. The summed E-state index contributed by atoms with van der Waals surface area (Å²) >= 11 is 0. The highest BCUT2D eigenvalue weighted by Gasteiger charge is 2.12. The van der Waals surface area contributed by atoms with Crippen molar-refractivity contribution in [3.05, 3.63) is 0 Å². The van der Waals surface area contributed by atoms with E-state index in [2.05, 4.69) is 5.32 Å². The molecule has 1 saturated heterocycles. The van der Waals surface area contributed by atoms with Crippen molar-refractivity contribution < 1.29 is 14.2 Å². The molecule has 0 atom stereocenters. The Morgan fingerprint density at radius 1 is 1.06 bits per heavy atom. The SMILES string of the molecule is CC(C)OCCOCCOC1CCNCC1. The zero-order valence-corrected chi connectivity index (χ0v) is 10.5. The Balaban J connectivity index is 1.80. The molecular weight excluding hydrogens is 206 g/mol. The molecule has 4 heteroatoms. The summed E-state index contributed by atoms with van der Waals surface area (Å²) in [5.74, 6) is 0. The predicted molar refractivity (Wildman–Crippen MR) is 63.8 cm³/mol. The molecule has 1 aliphatic rings. The van der Waals surface area contributed by atoms with Gasteiger partial charge in [-0.1, -0.05) is 0 Å². The van der Waals surface area contributed by atoms with Crippen LogP contribution < -0.4 is 5.32 Å². The molecule has 0 spiro atoms. The Bertz CT molecular complexity index is 158. The molecule has 1 fully saturated rings. The van der Waals surface area contributed by atoms with Gasteiger partial charge in [-0.3, -0.25) is 0 Å². The Morgan fingerprint density at radius 2 is 1.75 bits per heavy atom. The highest BCUT2D eigenvalue weighted by molar-refractivity contribution is 4.67. The number of hydrogen-bond donors (Lipinski definition) is 1. The maximum Gasteiger partial charge on any atom is 0.0704 e. The Labute approximate surface area is 98.6 Å². The van der Waals surface area contributed by atoms with Gasteiger partial charge >= 0.3 is 0 Å². The van der Waals surface area contributed by atoms with E-state index >= 15 is 0 Å². The topological polar surface area (TPSA) is 39.7 Å². The third kappa shape index (κ3) is 7.17. The van der Waals surface area contributed by atoms with Gasteiger partial charge in [-0.25, -0.2) is 0 Å². The summed E-state index contributed by atoms with van der Waals surface area (Å²) in [7, 11) is 0. The third-order valence-corrected chi connectivity index (χ3v) is 2.55. The molecule has 1 rings (SSSR count). The van der Waals surface area contributed by atoms with Crippen LogP contribution in [0, 0.1) is 0 Å². The minimum absolute atomic E-state index is 0.287. The van der Waals surface area contributed by atoms with Crippen LogP contribution in [-0.2, 0) is 14.2 Å². The van der Waals surface area contributed by atoms with Crippen molar-refractivity contribution >= 4 is 0 Å². The smallest absolute Gasteiger partial charge is 0.0704 e. The fourth-order valence-electron chi connectivity index (χ4n) is 1.68. The Morgan fingerprint density at radius 3 is 2.44 bits per heavy atom. The second-order valence-corrected chi connectivity index (χ2v) is 4.35. The summed E-state index contributed by atoms with van der Waals surface area (Å²) in [6.07, 6.45) is 2.96. The molecule has 0 aromatic carbocycles. The van der Waals surface area contributed by atoms with E-state index in [1.54, 1.807) is 0 Å². The molecule has 0 radical (unpaired) electrons. The normalized spacial score (nSPS) is 18.2. The maximum absolute atomic E-state index is 5.70. The third-order valence-electron chi connectivity index (χ3n) is 2.55. The summed E-state index contributed by atoms with van der Waals surface area (Å²) in [5.41, 5.74) is 0. The molecule has 1 heterocycles. The largest absolute Gasteiger partial charge is 0.377 e. The van der Waals surface area contributed by atoms with Gasteiger partial charge < -0.3 is 19.5 Å². The molecule has 16 heavy (non-hydrogen) atoms. The highest BCUT2D eigenvalue weighted by Crippen LogP contribution is 2.06. The van der Waals surface area contributed by atoms with Crippen molar-refractivity contribution in [1.82, 2.24) is 5.32 Å². The van der Waals surface area contributed by atoms with Gasteiger partial charge in [0.1, 0.15) is 0 Å². The number of piperidine rings is 1. The van der Waals surface area contributed by atoms with Gasteiger partial charge in [-0.2, -0.15) is 0 Å². The van der Waals surface area contributed by atoms with Gasteiger partial charge in [0.25, 0.3) is 0 Å². The second-order valence-electron chi connectivity index (χ2n) is 4.35. The molecule has 0 unspecified atom stereocenters. The molecule has 1 N–H and O–H groups in total. The van der Waals surface area contributed by atoms with Crippen LogP contribution in [-0.4, -0.2) is 51.7 Å². The van der Waals surface area contributed by atoms with E-state index in [-0.39, 0.29) is 6.10 Å². The van der Waals surface area contributed by atoms with Crippen molar-refractivity contribution in [1.29, 1.82) is 0 Å². The van der Waals surface area contributed by atoms with Crippen molar-refractivity contribution in [3.63, 3.8) is 0 Å². The van der Waals surface area contributed by atoms with Crippen LogP contribution >= 0.6 is 0 Å². The quantitative estimate of drug-likeness (QED) is 0.637. The average molecular weight is 231 g/mol. The van der Waals surface area contributed by atoms with Crippen LogP contribution in [0.25, 0.3) is 0 Å². The van der Waals surface area contributed by atoms with Gasteiger partial charge in [-0.05, 0) is 39.8 Å². The van der Waals surface area contributed by atoms with Crippen molar-refractivity contribution in [2.45, 2.75) is 38.9 Å². The summed E-state index contributed by atoms with van der Waals surface area (Å²) < 4.78 is 16.5. The van der Waals surface area contributed by atoms with Crippen LogP contribution in [0.4, 0.5) is 0 Å². The van der Waals surface area contributed by atoms with Crippen molar-refractivity contribution in [2.24, 2.45) is 0 Å². The summed E-state index contributed by atoms with van der Waals surface area (Å²) in [4.78, 5) is 0. The minimum atomic E-state index is 0.287. The molecule has 1 aliphatic heterocycles. The summed E-state index contributed by atoms with van der Waals surface area (Å²) in [6.45, 7) is 8.92. The molecule has 4 nitrogen and oxygen atoms in total. The number of nitrogens with one attached hydrogen (secondary N) is 1. The molecule has 0 aromatic rings. The fourth-order valence-corrected chi connectivity index (χ4v) is 1.68. The standard InChI is InChI=1S/C12H25NO3/c1-11(2)15-9-7-14-8-10-16-12-3-5-13-6-4-12/h11-13H,3-10H2,1-2H3. The molecule has 0 saturated carbocycles. The van der Waals surface area contributed by atoms with Crippen LogP contribution in [0.5, 0.6) is 0 Å². The maximum atomic E-state index is 5.70. The molecule has 0 aliphatic carbocycles. The van der Waals surface area contributed by atoms with Crippen LogP contribution in [0.15, 0.2) is 0 Å². The van der Waals surface area contributed by atoms with Crippen LogP contribution in [0.1, 0.15) is 26.7 Å². The fraction of sp³-hybridized carbons (Fsp3) is 1.00. The van der Waals surface area contributed by atoms with Crippen molar-refractivity contribution in [3.8, 4) is 0 Å². The van der Waals surface area contributed by atoms with E-state index in [0.29, 0.717) is 32.5 Å². The van der Waals surface area contributed by atoms with Gasteiger partial charge in [0.2, 0.25) is 0 Å². The lowest BCUT2D eigenvalue weighted by molar-refractivity contribution is -0.0263.